The molecule has 0 atom stereocenters. The Kier molecular flexibility index (Phi) is 6.18. The molecule has 2 aromatic rings. The van der Waals surface area contributed by atoms with Gasteiger partial charge in [0, 0.05) is 6.42 Å². The van der Waals surface area contributed by atoms with Crippen molar-refractivity contribution in [3.63, 3.8) is 0 Å². The van der Waals surface area contributed by atoms with Gasteiger partial charge in [-0.1, -0.05) is 119 Å². The van der Waals surface area contributed by atoms with Crippen molar-refractivity contribution in [2.24, 2.45) is 0 Å². The lowest BCUT2D eigenvalue weighted by atomic mass is 9.87. The van der Waals surface area contributed by atoms with E-state index in [0.29, 0.717) is 5.92 Å². The Morgan fingerprint density at radius 2 is 1.41 bits per heavy atom. The van der Waals surface area contributed by atoms with Gasteiger partial charge in [0.2, 0.25) is 0 Å². The standard InChI is InChI=1S/C27H39Si2/c1-10-11-20-14-21-12-13-25(19(2)3)27(26(21)15-20)22-16-23(28(4,5)6)18-24(17-22)29(7,8)9/h12-19H,10-11H2,1-9H3. The largest absolute Gasteiger partial charge is 0.0776 e. The van der Waals surface area contributed by atoms with Crippen LogP contribution in [0.15, 0.2) is 35.9 Å². The fourth-order valence-corrected chi connectivity index (χ4v) is 6.73. The Morgan fingerprint density at radius 1 is 0.828 bits per heavy atom. The highest BCUT2D eigenvalue weighted by molar-refractivity contribution is 6.91. The van der Waals surface area contributed by atoms with Crippen LogP contribution < -0.4 is 10.4 Å². The van der Waals surface area contributed by atoms with Crippen LogP contribution in [-0.4, -0.2) is 16.1 Å². The van der Waals surface area contributed by atoms with Crippen LogP contribution in [0.5, 0.6) is 0 Å². The average molecular weight is 420 g/mol. The van der Waals surface area contributed by atoms with Crippen LogP contribution in [0.4, 0.5) is 0 Å². The average Bonchev–Trinajstić information content (AvgIpc) is 3.01. The zero-order valence-corrected chi connectivity index (χ0v) is 22.0. The first kappa shape index (κ1) is 22.3. The van der Waals surface area contributed by atoms with E-state index < -0.39 is 16.1 Å². The first-order valence-electron chi connectivity index (χ1n) is 11.3. The third-order valence-electron chi connectivity index (χ3n) is 6.10. The second-order valence-corrected chi connectivity index (χ2v) is 21.3. The molecule has 0 N–H and O–H groups in total. The molecule has 0 aliphatic heterocycles. The van der Waals surface area contributed by atoms with E-state index in [9.17, 15) is 0 Å². The van der Waals surface area contributed by atoms with Crippen molar-refractivity contribution < 1.29 is 0 Å². The van der Waals surface area contributed by atoms with Crippen molar-refractivity contribution in [1.82, 2.24) is 0 Å². The molecule has 1 aliphatic carbocycles. The molecule has 0 fully saturated rings. The zero-order chi connectivity index (χ0) is 21.6. The van der Waals surface area contributed by atoms with E-state index in [0.717, 1.165) is 0 Å². The lowest BCUT2D eigenvalue weighted by Crippen LogP contribution is -2.45. The number of hydrogen-bond donors (Lipinski definition) is 0. The van der Waals surface area contributed by atoms with Gasteiger partial charge >= 0.3 is 0 Å². The highest BCUT2D eigenvalue weighted by Crippen LogP contribution is 2.40. The maximum absolute atomic E-state index is 2.55. The third kappa shape index (κ3) is 4.69. The van der Waals surface area contributed by atoms with Gasteiger partial charge in [-0.25, -0.2) is 0 Å². The molecule has 0 bridgehead atoms. The minimum absolute atomic E-state index is 0.518. The molecule has 0 heterocycles. The van der Waals surface area contributed by atoms with Crippen LogP contribution in [0.3, 0.4) is 0 Å². The molecule has 1 aliphatic rings. The smallest absolute Gasteiger partial charge is 0.0656 e. The number of rotatable bonds is 6. The van der Waals surface area contributed by atoms with E-state index in [1.54, 1.807) is 10.4 Å². The van der Waals surface area contributed by atoms with E-state index >= 15 is 0 Å². The lowest BCUT2D eigenvalue weighted by molar-refractivity contribution is 0.868. The Balaban J connectivity index is 2.32. The highest BCUT2D eigenvalue weighted by atomic mass is 28.3. The second kappa shape index (κ2) is 8.04. The van der Waals surface area contributed by atoms with E-state index in [1.807, 2.05) is 0 Å². The predicted molar refractivity (Wildman–Crippen MR) is 138 cm³/mol. The Hall–Kier alpha value is -1.39. The van der Waals surface area contributed by atoms with Crippen molar-refractivity contribution >= 4 is 32.6 Å². The molecule has 0 saturated heterocycles. The summed E-state index contributed by atoms with van der Waals surface area (Å²) in [5.41, 5.74) is 8.76. The summed E-state index contributed by atoms with van der Waals surface area (Å²) in [6, 6.07) is 12.3. The van der Waals surface area contributed by atoms with Gasteiger partial charge in [0.15, 0.2) is 0 Å². The fourth-order valence-electron chi connectivity index (χ4n) is 4.23. The number of hydrogen-bond acceptors (Lipinski definition) is 0. The van der Waals surface area contributed by atoms with Crippen molar-refractivity contribution in [2.45, 2.75) is 78.8 Å². The van der Waals surface area contributed by atoms with Crippen LogP contribution in [0.2, 0.25) is 39.3 Å². The van der Waals surface area contributed by atoms with E-state index in [-0.39, 0.29) is 0 Å². The molecule has 0 nitrogen and oxygen atoms in total. The molecular weight excluding hydrogens is 380 g/mol. The van der Waals surface area contributed by atoms with Crippen LogP contribution in [0.25, 0.3) is 17.2 Å². The monoisotopic (exact) mass is 419 g/mol. The Labute approximate surface area is 181 Å². The van der Waals surface area contributed by atoms with Gasteiger partial charge in [-0.05, 0) is 40.2 Å². The number of fused-ring (bicyclic) bond motifs is 1. The molecule has 0 unspecified atom stereocenters. The minimum Gasteiger partial charge on any atom is -0.0656 e. The Morgan fingerprint density at radius 3 is 1.90 bits per heavy atom. The van der Waals surface area contributed by atoms with Crippen molar-refractivity contribution in [2.75, 3.05) is 0 Å². The zero-order valence-electron chi connectivity index (χ0n) is 20.0. The Bertz CT molecular complexity index is 902. The van der Waals surface area contributed by atoms with Gasteiger partial charge in [0.1, 0.15) is 0 Å². The van der Waals surface area contributed by atoms with Crippen LogP contribution in [0.1, 0.15) is 56.2 Å². The SMILES string of the molecule is CCCC1=Cc2c(ccc(C(C)C)c2-c2cc([Si](C)(C)C)cc([Si](C)(C)C)c2)[CH]1. The lowest BCUT2D eigenvalue weighted by Gasteiger charge is -2.26. The van der Waals surface area contributed by atoms with Crippen LogP contribution in [-0.2, 0) is 0 Å². The molecule has 2 heteroatoms. The van der Waals surface area contributed by atoms with Crippen molar-refractivity contribution in [3.05, 3.63) is 59.0 Å². The summed E-state index contributed by atoms with van der Waals surface area (Å²) < 4.78 is 0. The molecule has 0 aromatic heterocycles. The van der Waals surface area contributed by atoms with Gasteiger partial charge in [-0.15, -0.1) is 0 Å². The molecule has 0 saturated carbocycles. The molecule has 3 rings (SSSR count). The molecular formula is C27H39Si2. The van der Waals surface area contributed by atoms with Gasteiger partial charge in [-0.2, -0.15) is 0 Å². The highest BCUT2D eigenvalue weighted by Gasteiger charge is 2.26. The molecule has 0 amide bonds. The second-order valence-electron chi connectivity index (χ2n) is 11.1. The van der Waals surface area contributed by atoms with Crippen LogP contribution >= 0.6 is 0 Å². The summed E-state index contributed by atoms with van der Waals surface area (Å²) in [6.45, 7) is 21.8. The summed E-state index contributed by atoms with van der Waals surface area (Å²) >= 11 is 0. The van der Waals surface area contributed by atoms with Gasteiger partial charge < -0.3 is 0 Å². The third-order valence-corrected chi connectivity index (χ3v) is 10.1. The molecule has 29 heavy (non-hydrogen) atoms. The van der Waals surface area contributed by atoms with Crippen molar-refractivity contribution in [3.8, 4) is 11.1 Å². The summed E-state index contributed by atoms with van der Waals surface area (Å²) in [6.07, 6.45) is 7.25. The normalized spacial score (nSPS) is 14.3. The number of benzene rings is 2. The molecule has 1 radical (unpaired) electrons. The maximum Gasteiger partial charge on any atom is 0.0776 e. The maximum atomic E-state index is 2.55. The summed E-state index contributed by atoms with van der Waals surface area (Å²) in [5, 5.41) is 3.19. The van der Waals surface area contributed by atoms with Gasteiger partial charge in [0.25, 0.3) is 0 Å². The molecule has 0 spiro atoms. The first-order chi connectivity index (χ1) is 13.4. The predicted octanol–water partition coefficient (Wildman–Crippen LogP) is 7.32. The summed E-state index contributed by atoms with van der Waals surface area (Å²) in [5.74, 6) is 0.518. The number of allylic oxidation sites excluding steroid dienone is 1. The minimum atomic E-state index is -1.41. The van der Waals surface area contributed by atoms with Crippen LogP contribution in [0, 0.1) is 6.42 Å². The van der Waals surface area contributed by atoms with Gasteiger partial charge in [0.05, 0.1) is 16.1 Å². The topological polar surface area (TPSA) is 0 Å². The summed E-state index contributed by atoms with van der Waals surface area (Å²) in [4.78, 5) is 0. The van der Waals surface area contributed by atoms with E-state index in [1.165, 1.54) is 46.2 Å². The van der Waals surface area contributed by atoms with E-state index in [2.05, 4.69) is 103 Å². The van der Waals surface area contributed by atoms with Crippen molar-refractivity contribution in [1.29, 1.82) is 0 Å². The first-order valence-corrected chi connectivity index (χ1v) is 18.3. The molecule has 155 valence electrons. The summed E-state index contributed by atoms with van der Waals surface area (Å²) in [7, 11) is -2.81. The molecule has 2 aromatic carbocycles. The van der Waals surface area contributed by atoms with Gasteiger partial charge in [-0.3, -0.25) is 0 Å². The quantitative estimate of drug-likeness (QED) is 0.430. The fraction of sp³-hybridized carbons (Fsp3) is 0.444. The van der Waals surface area contributed by atoms with E-state index in [4.69, 9.17) is 0 Å².